The molecule has 0 aromatic carbocycles. The minimum atomic E-state index is -0.0776. The summed E-state index contributed by atoms with van der Waals surface area (Å²) in [6.07, 6.45) is 3.28. The Morgan fingerprint density at radius 1 is 1.58 bits per heavy atom. The van der Waals surface area contributed by atoms with Gasteiger partial charge in [-0.2, -0.15) is 0 Å². The van der Waals surface area contributed by atoms with E-state index in [4.69, 9.17) is 5.73 Å². The van der Waals surface area contributed by atoms with E-state index >= 15 is 0 Å². The van der Waals surface area contributed by atoms with Gasteiger partial charge in [0.15, 0.2) is 0 Å². The molecule has 2 rings (SSSR count). The zero-order valence-corrected chi connectivity index (χ0v) is 12.2. The number of nitrogens with two attached hydrogens (primary N) is 1. The molecular formula is C13H22N4OS. The summed E-state index contributed by atoms with van der Waals surface area (Å²) in [6, 6.07) is 0.158. The molecule has 1 fully saturated rings. The van der Waals surface area contributed by atoms with Crippen molar-refractivity contribution in [3.63, 3.8) is 0 Å². The minimum absolute atomic E-state index is 0.0776. The first-order chi connectivity index (χ1) is 9.19. The van der Waals surface area contributed by atoms with Crippen LogP contribution in [0, 0.1) is 0 Å². The molecule has 0 saturated carbocycles. The van der Waals surface area contributed by atoms with Gasteiger partial charge in [-0.05, 0) is 39.4 Å². The lowest BCUT2D eigenvalue weighted by atomic mass is 10.3. The van der Waals surface area contributed by atoms with E-state index in [2.05, 4.69) is 15.2 Å². The highest BCUT2D eigenvalue weighted by Crippen LogP contribution is 2.11. The zero-order chi connectivity index (χ0) is 13.7. The number of likely N-dealkylation sites (tertiary alicyclic amines) is 1. The number of thiazole rings is 1. The second-order valence-corrected chi connectivity index (χ2v) is 5.99. The molecule has 5 nitrogen and oxygen atoms in total. The van der Waals surface area contributed by atoms with E-state index < -0.39 is 0 Å². The SMILES string of the molecule is CC(CN1CCCC1)NC(=O)c1csc(CCN)n1. The van der Waals surface area contributed by atoms with E-state index in [1.165, 1.54) is 24.2 Å². The van der Waals surface area contributed by atoms with E-state index in [0.717, 1.165) is 31.1 Å². The normalized spacial score (nSPS) is 17.6. The molecule has 1 aromatic rings. The number of aromatic nitrogens is 1. The van der Waals surface area contributed by atoms with Crippen LogP contribution in [0.5, 0.6) is 0 Å². The molecule has 2 heterocycles. The Labute approximate surface area is 118 Å². The van der Waals surface area contributed by atoms with Crippen LogP contribution in [0.25, 0.3) is 0 Å². The average molecular weight is 282 g/mol. The summed E-state index contributed by atoms with van der Waals surface area (Å²) in [5.74, 6) is -0.0776. The largest absolute Gasteiger partial charge is 0.347 e. The van der Waals surface area contributed by atoms with Gasteiger partial charge in [0.25, 0.3) is 5.91 Å². The molecule has 0 aliphatic carbocycles. The highest BCUT2D eigenvalue weighted by molar-refractivity contribution is 7.09. The molecule has 1 atom stereocenters. The van der Waals surface area contributed by atoms with Gasteiger partial charge in [-0.25, -0.2) is 4.98 Å². The molecule has 6 heteroatoms. The Bertz CT molecular complexity index is 415. The van der Waals surface area contributed by atoms with Gasteiger partial charge in [-0.3, -0.25) is 4.79 Å². The van der Waals surface area contributed by atoms with Gasteiger partial charge in [-0.1, -0.05) is 0 Å². The van der Waals surface area contributed by atoms with Crippen LogP contribution >= 0.6 is 11.3 Å². The molecule has 1 saturated heterocycles. The van der Waals surface area contributed by atoms with E-state index in [9.17, 15) is 4.79 Å². The summed E-state index contributed by atoms with van der Waals surface area (Å²) >= 11 is 1.50. The Morgan fingerprint density at radius 2 is 2.32 bits per heavy atom. The third-order valence-electron chi connectivity index (χ3n) is 3.25. The molecular weight excluding hydrogens is 260 g/mol. The second kappa shape index (κ2) is 6.98. The van der Waals surface area contributed by atoms with Crippen molar-refractivity contribution in [3.05, 3.63) is 16.1 Å². The third-order valence-corrected chi connectivity index (χ3v) is 4.16. The van der Waals surface area contributed by atoms with Crippen molar-refractivity contribution >= 4 is 17.2 Å². The zero-order valence-electron chi connectivity index (χ0n) is 11.4. The summed E-state index contributed by atoms with van der Waals surface area (Å²) in [7, 11) is 0. The van der Waals surface area contributed by atoms with Gasteiger partial charge in [0.1, 0.15) is 5.69 Å². The number of carbonyl (C=O) groups is 1. The van der Waals surface area contributed by atoms with Crippen LogP contribution in [0.4, 0.5) is 0 Å². The first-order valence-corrected chi connectivity index (χ1v) is 7.74. The van der Waals surface area contributed by atoms with Crippen molar-refractivity contribution in [2.24, 2.45) is 5.73 Å². The predicted molar refractivity (Wildman–Crippen MR) is 77.5 cm³/mol. The maximum Gasteiger partial charge on any atom is 0.271 e. The van der Waals surface area contributed by atoms with Crippen molar-refractivity contribution in [3.8, 4) is 0 Å². The number of carbonyl (C=O) groups excluding carboxylic acids is 1. The molecule has 3 N–H and O–H groups in total. The van der Waals surface area contributed by atoms with Crippen LogP contribution in [0.2, 0.25) is 0 Å². The van der Waals surface area contributed by atoms with E-state index in [0.29, 0.717) is 12.2 Å². The lowest BCUT2D eigenvalue weighted by molar-refractivity contribution is 0.0927. The van der Waals surface area contributed by atoms with Crippen LogP contribution in [0.1, 0.15) is 35.3 Å². The fourth-order valence-corrected chi connectivity index (χ4v) is 3.14. The maximum absolute atomic E-state index is 12.0. The van der Waals surface area contributed by atoms with Crippen molar-refractivity contribution in [2.45, 2.75) is 32.2 Å². The first-order valence-electron chi connectivity index (χ1n) is 6.86. The van der Waals surface area contributed by atoms with Gasteiger partial charge in [-0.15, -0.1) is 11.3 Å². The van der Waals surface area contributed by atoms with Gasteiger partial charge in [0.2, 0.25) is 0 Å². The quantitative estimate of drug-likeness (QED) is 0.812. The number of hydrogen-bond donors (Lipinski definition) is 2. The summed E-state index contributed by atoms with van der Waals surface area (Å²) in [4.78, 5) is 18.7. The third kappa shape index (κ3) is 4.26. The van der Waals surface area contributed by atoms with Gasteiger partial charge in [0.05, 0.1) is 5.01 Å². The molecule has 1 aliphatic rings. The topological polar surface area (TPSA) is 71.2 Å². The Kier molecular flexibility index (Phi) is 5.30. The number of hydrogen-bond acceptors (Lipinski definition) is 5. The van der Waals surface area contributed by atoms with Crippen molar-refractivity contribution in [2.75, 3.05) is 26.2 Å². The lowest BCUT2D eigenvalue weighted by Gasteiger charge is -2.20. The van der Waals surface area contributed by atoms with E-state index in [1.807, 2.05) is 12.3 Å². The molecule has 1 aromatic heterocycles. The van der Waals surface area contributed by atoms with Crippen molar-refractivity contribution < 1.29 is 4.79 Å². The monoisotopic (exact) mass is 282 g/mol. The summed E-state index contributed by atoms with van der Waals surface area (Å²) in [6.45, 7) is 5.84. The molecule has 1 amide bonds. The van der Waals surface area contributed by atoms with Crippen LogP contribution in [-0.4, -0.2) is 48.0 Å². The number of nitrogens with zero attached hydrogens (tertiary/aromatic N) is 2. The first kappa shape index (κ1) is 14.4. The summed E-state index contributed by atoms with van der Waals surface area (Å²) in [5.41, 5.74) is 5.99. The average Bonchev–Trinajstić information content (AvgIpc) is 3.00. The highest BCUT2D eigenvalue weighted by Gasteiger charge is 2.17. The van der Waals surface area contributed by atoms with Crippen LogP contribution < -0.4 is 11.1 Å². The maximum atomic E-state index is 12.0. The van der Waals surface area contributed by atoms with Crippen LogP contribution in [0.15, 0.2) is 5.38 Å². The Balaban J connectivity index is 1.81. The van der Waals surface area contributed by atoms with Crippen LogP contribution in [0.3, 0.4) is 0 Å². The number of amides is 1. The highest BCUT2D eigenvalue weighted by atomic mass is 32.1. The summed E-state index contributed by atoms with van der Waals surface area (Å²) < 4.78 is 0. The minimum Gasteiger partial charge on any atom is -0.347 e. The van der Waals surface area contributed by atoms with Crippen molar-refractivity contribution in [1.29, 1.82) is 0 Å². The second-order valence-electron chi connectivity index (χ2n) is 5.05. The molecule has 106 valence electrons. The molecule has 0 radical (unpaired) electrons. The van der Waals surface area contributed by atoms with Crippen LogP contribution in [-0.2, 0) is 6.42 Å². The fraction of sp³-hybridized carbons (Fsp3) is 0.692. The van der Waals surface area contributed by atoms with Gasteiger partial charge in [0, 0.05) is 24.4 Å². The predicted octanol–water partition coefficient (Wildman–Crippen LogP) is 0.858. The molecule has 19 heavy (non-hydrogen) atoms. The Morgan fingerprint density at radius 3 is 3.00 bits per heavy atom. The van der Waals surface area contributed by atoms with E-state index in [1.54, 1.807) is 0 Å². The van der Waals surface area contributed by atoms with Gasteiger partial charge < -0.3 is 16.0 Å². The Hall–Kier alpha value is -0.980. The summed E-state index contributed by atoms with van der Waals surface area (Å²) in [5, 5.41) is 5.75. The number of nitrogens with one attached hydrogen (secondary N) is 1. The lowest BCUT2D eigenvalue weighted by Crippen LogP contribution is -2.41. The van der Waals surface area contributed by atoms with Gasteiger partial charge >= 0.3 is 0 Å². The van der Waals surface area contributed by atoms with Crippen molar-refractivity contribution in [1.82, 2.24) is 15.2 Å². The molecule has 0 bridgehead atoms. The molecule has 0 spiro atoms. The fourth-order valence-electron chi connectivity index (χ4n) is 2.35. The van der Waals surface area contributed by atoms with E-state index in [-0.39, 0.29) is 11.9 Å². The number of rotatable bonds is 6. The molecule has 1 aliphatic heterocycles. The standard InChI is InChI=1S/C13H22N4OS/c1-10(8-17-6-2-3-7-17)15-13(18)11-9-19-12(16-11)4-5-14/h9-10H,2-8,14H2,1H3,(H,15,18). The molecule has 1 unspecified atom stereocenters. The smallest absolute Gasteiger partial charge is 0.271 e.